The van der Waals surface area contributed by atoms with E-state index >= 15 is 0 Å². The predicted molar refractivity (Wildman–Crippen MR) is 77.8 cm³/mol. The molecule has 102 valence electrons. The van der Waals surface area contributed by atoms with Gasteiger partial charge >= 0.3 is 0 Å². The number of benzene rings is 1. The smallest absolute Gasteiger partial charge is 0.265 e. The number of hydrogen-bond acceptors (Lipinski definition) is 4. The lowest BCUT2D eigenvalue weighted by Crippen LogP contribution is -2.50. The number of nitrogens with one attached hydrogen (secondary N) is 1. The number of carbonyl (C=O) groups is 1. The molecule has 1 aromatic rings. The summed E-state index contributed by atoms with van der Waals surface area (Å²) in [4.78, 5) is 14.4. The molecule has 3 rings (SSSR count). The SMILES string of the molecule is CC1CN(C(=O)C2CNc3ccccc3O2)CCS1. The zero-order chi connectivity index (χ0) is 13.2. The summed E-state index contributed by atoms with van der Waals surface area (Å²) in [5.41, 5.74) is 0.967. The standard InChI is InChI=1S/C14H18N2O2S/c1-10-9-16(6-7-19-10)14(17)13-8-15-11-4-2-3-5-12(11)18-13/h2-5,10,13,15H,6-9H2,1H3. The van der Waals surface area contributed by atoms with Gasteiger partial charge in [-0.05, 0) is 12.1 Å². The first kappa shape index (κ1) is 12.7. The molecule has 0 aromatic heterocycles. The Morgan fingerprint density at radius 1 is 1.47 bits per heavy atom. The van der Waals surface area contributed by atoms with Crippen LogP contribution in [0.5, 0.6) is 5.75 Å². The maximum Gasteiger partial charge on any atom is 0.265 e. The molecule has 0 spiro atoms. The lowest BCUT2D eigenvalue weighted by Gasteiger charge is -2.35. The maximum atomic E-state index is 12.5. The fourth-order valence-corrected chi connectivity index (χ4v) is 3.49. The molecular formula is C14H18N2O2S. The normalized spacial score (nSPS) is 26.1. The van der Waals surface area contributed by atoms with Crippen molar-refractivity contribution in [2.24, 2.45) is 0 Å². The molecule has 1 N–H and O–H groups in total. The van der Waals surface area contributed by atoms with Crippen LogP contribution >= 0.6 is 11.8 Å². The van der Waals surface area contributed by atoms with Crippen molar-refractivity contribution in [2.45, 2.75) is 18.3 Å². The average molecular weight is 278 g/mol. The van der Waals surface area contributed by atoms with Crippen LogP contribution in [0.25, 0.3) is 0 Å². The first-order valence-corrected chi connectivity index (χ1v) is 7.69. The second-order valence-electron chi connectivity index (χ2n) is 4.95. The number of ether oxygens (including phenoxy) is 1. The van der Waals surface area contributed by atoms with Gasteiger partial charge in [-0.2, -0.15) is 11.8 Å². The minimum absolute atomic E-state index is 0.106. The molecule has 0 bridgehead atoms. The number of thioether (sulfide) groups is 1. The van der Waals surface area contributed by atoms with Gasteiger partial charge < -0.3 is 15.0 Å². The van der Waals surface area contributed by atoms with E-state index in [4.69, 9.17) is 4.74 Å². The second kappa shape index (κ2) is 5.33. The Bertz CT molecular complexity index is 480. The average Bonchev–Trinajstić information content (AvgIpc) is 2.46. The number of hydrogen-bond donors (Lipinski definition) is 1. The molecule has 2 heterocycles. The molecule has 1 fully saturated rings. The topological polar surface area (TPSA) is 41.6 Å². The number of rotatable bonds is 1. The maximum absolute atomic E-state index is 12.5. The molecule has 19 heavy (non-hydrogen) atoms. The van der Waals surface area contributed by atoms with Gasteiger partial charge in [-0.1, -0.05) is 19.1 Å². The summed E-state index contributed by atoms with van der Waals surface area (Å²) in [5.74, 6) is 1.89. The minimum Gasteiger partial charge on any atom is -0.477 e. The minimum atomic E-state index is -0.398. The number of nitrogens with zero attached hydrogens (tertiary/aromatic N) is 1. The highest BCUT2D eigenvalue weighted by atomic mass is 32.2. The van der Waals surface area contributed by atoms with Crippen LogP contribution in [-0.2, 0) is 4.79 Å². The van der Waals surface area contributed by atoms with Gasteiger partial charge in [0.25, 0.3) is 5.91 Å². The molecule has 1 aromatic carbocycles. The van der Waals surface area contributed by atoms with Crippen molar-refractivity contribution < 1.29 is 9.53 Å². The Labute approximate surface area is 117 Å². The number of para-hydroxylation sites is 2. The first-order chi connectivity index (χ1) is 9.24. The molecular weight excluding hydrogens is 260 g/mol. The lowest BCUT2D eigenvalue weighted by molar-refractivity contribution is -0.138. The van der Waals surface area contributed by atoms with Crippen molar-refractivity contribution in [3.8, 4) is 5.75 Å². The van der Waals surface area contributed by atoms with E-state index in [1.54, 1.807) is 0 Å². The Kier molecular flexibility index (Phi) is 3.55. The van der Waals surface area contributed by atoms with Crippen molar-refractivity contribution in [1.82, 2.24) is 4.90 Å². The summed E-state index contributed by atoms with van der Waals surface area (Å²) in [6, 6.07) is 7.75. The Hall–Kier alpha value is -1.36. The van der Waals surface area contributed by atoms with Crippen molar-refractivity contribution in [3.63, 3.8) is 0 Å². The van der Waals surface area contributed by atoms with Crippen molar-refractivity contribution in [2.75, 3.05) is 30.7 Å². The van der Waals surface area contributed by atoms with Gasteiger partial charge in [0.1, 0.15) is 5.75 Å². The fraction of sp³-hybridized carbons (Fsp3) is 0.500. The second-order valence-corrected chi connectivity index (χ2v) is 6.50. The molecule has 0 saturated carbocycles. The largest absolute Gasteiger partial charge is 0.477 e. The third-order valence-corrected chi connectivity index (χ3v) is 4.60. The summed E-state index contributed by atoms with van der Waals surface area (Å²) < 4.78 is 5.82. The van der Waals surface area contributed by atoms with Crippen LogP contribution in [-0.4, -0.2) is 47.5 Å². The molecule has 5 heteroatoms. The van der Waals surface area contributed by atoms with Gasteiger partial charge in [-0.25, -0.2) is 0 Å². The third kappa shape index (κ3) is 2.66. The molecule has 0 radical (unpaired) electrons. The van der Waals surface area contributed by atoms with Crippen LogP contribution in [0.1, 0.15) is 6.92 Å². The summed E-state index contributed by atoms with van der Waals surface area (Å²) in [5, 5.41) is 3.78. The van der Waals surface area contributed by atoms with E-state index in [0.29, 0.717) is 11.8 Å². The van der Waals surface area contributed by atoms with Gasteiger partial charge in [0, 0.05) is 24.1 Å². The number of amides is 1. The fourth-order valence-electron chi connectivity index (χ4n) is 2.47. The van der Waals surface area contributed by atoms with Gasteiger partial charge in [0.2, 0.25) is 0 Å². The molecule has 1 saturated heterocycles. The number of carbonyl (C=O) groups excluding carboxylic acids is 1. The van der Waals surface area contributed by atoms with Crippen LogP contribution in [0.2, 0.25) is 0 Å². The highest BCUT2D eigenvalue weighted by Gasteiger charge is 2.31. The van der Waals surface area contributed by atoms with E-state index in [2.05, 4.69) is 12.2 Å². The van der Waals surface area contributed by atoms with E-state index in [1.165, 1.54) is 0 Å². The highest BCUT2D eigenvalue weighted by molar-refractivity contribution is 7.99. The summed E-state index contributed by atoms with van der Waals surface area (Å²) in [6.45, 7) is 4.37. The zero-order valence-electron chi connectivity index (χ0n) is 11.0. The van der Waals surface area contributed by atoms with Crippen molar-refractivity contribution in [1.29, 1.82) is 0 Å². The molecule has 4 nitrogen and oxygen atoms in total. The van der Waals surface area contributed by atoms with Gasteiger partial charge in [0.05, 0.1) is 12.2 Å². The van der Waals surface area contributed by atoms with Crippen LogP contribution in [0.3, 0.4) is 0 Å². The molecule has 0 aliphatic carbocycles. The molecule has 2 unspecified atom stereocenters. The van der Waals surface area contributed by atoms with Gasteiger partial charge in [-0.15, -0.1) is 0 Å². The monoisotopic (exact) mass is 278 g/mol. The van der Waals surface area contributed by atoms with Crippen LogP contribution in [0, 0.1) is 0 Å². The highest BCUT2D eigenvalue weighted by Crippen LogP contribution is 2.29. The molecule has 2 atom stereocenters. The van der Waals surface area contributed by atoms with Crippen LogP contribution in [0.15, 0.2) is 24.3 Å². The Morgan fingerprint density at radius 3 is 3.16 bits per heavy atom. The van der Waals surface area contributed by atoms with E-state index < -0.39 is 6.10 Å². The third-order valence-electron chi connectivity index (χ3n) is 3.46. The number of anilines is 1. The van der Waals surface area contributed by atoms with Gasteiger partial charge in [-0.3, -0.25) is 4.79 Å². The quantitative estimate of drug-likeness (QED) is 0.851. The van der Waals surface area contributed by atoms with E-state index in [0.717, 1.165) is 30.3 Å². The zero-order valence-corrected chi connectivity index (χ0v) is 11.8. The van der Waals surface area contributed by atoms with E-state index in [9.17, 15) is 4.79 Å². The van der Waals surface area contributed by atoms with Crippen molar-refractivity contribution in [3.05, 3.63) is 24.3 Å². The molecule has 2 aliphatic heterocycles. The predicted octanol–water partition coefficient (Wildman–Crippen LogP) is 1.82. The van der Waals surface area contributed by atoms with Crippen molar-refractivity contribution >= 4 is 23.4 Å². The van der Waals surface area contributed by atoms with E-state index in [-0.39, 0.29) is 5.91 Å². The first-order valence-electron chi connectivity index (χ1n) is 6.64. The number of fused-ring (bicyclic) bond motifs is 1. The Balaban J connectivity index is 1.69. The van der Waals surface area contributed by atoms with Crippen LogP contribution in [0.4, 0.5) is 5.69 Å². The summed E-state index contributed by atoms with van der Waals surface area (Å²) in [6.07, 6.45) is -0.398. The van der Waals surface area contributed by atoms with Gasteiger partial charge in [0.15, 0.2) is 6.10 Å². The summed E-state index contributed by atoms with van der Waals surface area (Å²) in [7, 11) is 0. The molecule has 2 aliphatic rings. The lowest BCUT2D eigenvalue weighted by atomic mass is 10.2. The molecule has 1 amide bonds. The van der Waals surface area contributed by atoms with Crippen LogP contribution < -0.4 is 10.1 Å². The summed E-state index contributed by atoms with van der Waals surface area (Å²) >= 11 is 1.92. The van der Waals surface area contributed by atoms with E-state index in [1.807, 2.05) is 40.9 Å². The Morgan fingerprint density at radius 2 is 2.32 bits per heavy atom.